The molecule has 0 unspecified atom stereocenters. The molecule has 1 saturated carbocycles. The molecule has 0 aliphatic heterocycles. The molecule has 0 saturated heterocycles. The van der Waals surface area contributed by atoms with Crippen molar-refractivity contribution in [1.29, 1.82) is 0 Å². The highest BCUT2D eigenvalue weighted by molar-refractivity contribution is 14.0. The van der Waals surface area contributed by atoms with E-state index < -0.39 is 0 Å². The van der Waals surface area contributed by atoms with Gasteiger partial charge in [0.1, 0.15) is 11.5 Å². The Kier molecular flexibility index (Phi) is 11.6. The van der Waals surface area contributed by atoms with Crippen molar-refractivity contribution in [3.63, 3.8) is 0 Å². The summed E-state index contributed by atoms with van der Waals surface area (Å²) in [6, 6.07) is 7.57. The SMILES string of the molecule is CCNC(=NCCCOc1cccc(OC)c1)NCCNC(=O)C1CC1.I. The third-order valence-electron chi connectivity index (χ3n) is 3.89. The highest BCUT2D eigenvalue weighted by Crippen LogP contribution is 2.28. The molecule has 0 atom stereocenters. The Bertz CT molecular complexity index is 594. The van der Waals surface area contributed by atoms with Crippen LogP contribution in [0.5, 0.6) is 11.5 Å². The number of amides is 1. The Hall–Kier alpha value is -1.71. The van der Waals surface area contributed by atoms with Gasteiger partial charge >= 0.3 is 0 Å². The van der Waals surface area contributed by atoms with Crippen molar-refractivity contribution in [2.75, 3.05) is 39.9 Å². The molecule has 3 N–H and O–H groups in total. The van der Waals surface area contributed by atoms with Crippen LogP contribution in [0, 0.1) is 5.92 Å². The molecule has 0 aromatic heterocycles. The molecule has 8 heteroatoms. The maximum Gasteiger partial charge on any atom is 0.223 e. The number of rotatable bonds is 11. The Morgan fingerprint density at radius 2 is 1.93 bits per heavy atom. The van der Waals surface area contributed by atoms with Gasteiger partial charge in [-0.1, -0.05) is 6.07 Å². The topological polar surface area (TPSA) is 84.0 Å². The first-order valence-corrected chi connectivity index (χ1v) is 9.29. The maximum absolute atomic E-state index is 11.6. The maximum atomic E-state index is 11.6. The summed E-state index contributed by atoms with van der Waals surface area (Å²) in [4.78, 5) is 16.1. The largest absolute Gasteiger partial charge is 0.497 e. The van der Waals surface area contributed by atoms with Gasteiger partial charge in [-0.3, -0.25) is 9.79 Å². The molecule has 1 fully saturated rings. The fraction of sp³-hybridized carbons (Fsp3) is 0.579. The molecule has 1 aromatic rings. The Balaban J connectivity index is 0.00000364. The number of hydrogen-bond acceptors (Lipinski definition) is 4. The molecule has 27 heavy (non-hydrogen) atoms. The lowest BCUT2D eigenvalue weighted by Crippen LogP contribution is -2.41. The molecule has 0 bridgehead atoms. The minimum Gasteiger partial charge on any atom is -0.497 e. The van der Waals surface area contributed by atoms with Gasteiger partial charge in [0.25, 0.3) is 0 Å². The highest BCUT2D eigenvalue weighted by Gasteiger charge is 2.28. The second-order valence-electron chi connectivity index (χ2n) is 6.13. The van der Waals surface area contributed by atoms with Crippen molar-refractivity contribution in [3.8, 4) is 11.5 Å². The number of halogens is 1. The van der Waals surface area contributed by atoms with Gasteiger partial charge in [0, 0.05) is 44.6 Å². The molecule has 7 nitrogen and oxygen atoms in total. The third-order valence-corrected chi connectivity index (χ3v) is 3.89. The van der Waals surface area contributed by atoms with Gasteiger partial charge in [-0.2, -0.15) is 0 Å². The minimum atomic E-state index is 0. The van der Waals surface area contributed by atoms with E-state index in [1.54, 1.807) is 7.11 Å². The number of nitrogens with zero attached hydrogens (tertiary/aromatic N) is 1. The molecule has 1 amide bonds. The summed E-state index contributed by atoms with van der Waals surface area (Å²) in [5.41, 5.74) is 0. The molecular formula is C19H31IN4O3. The first kappa shape index (κ1) is 23.3. The second-order valence-corrected chi connectivity index (χ2v) is 6.13. The summed E-state index contributed by atoms with van der Waals surface area (Å²) >= 11 is 0. The van der Waals surface area contributed by atoms with Crippen molar-refractivity contribution < 1.29 is 14.3 Å². The quantitative estimate of drug-likeness (QED) is 0.192. The number of ether oxygens (including phenoxy) is 2. The summed E-state index contributed by atoms with van der Waals surface area (Å²) in [5, 5.41) is 9.36. The van der Waals surface area contributed by atoms with E-state index in [1.165, 1.54) is 0 Å². The van der Waals surface area contributed by atoms with Crippen LogP contribution < -0.4 is 25.4 Å². The first-order chi connectivity index (χ1) is 12.7. The van der Waals surface area contributed by atoms with Gasteiger partial charge in [0.2, 0.25) is 5.91 Å². The second kappa shape index (κ2) is 13.5. The number of benzene rings is 1. The molecular weight excluding hydrogens is 459 g/mol. The van der Waals surface area contributed by atoms with E-state index >= 15 is 0 Å². The number of nitrogens with one attached hydrogen (secondary N) is 3. The number of carbonyl (C=O) groups is 1. The fourth-order valence-corrected chi connectivity index (χ4v) is 2.33. The lowest BCUT2D eigenvalue weighted by Gasteiger charge is -2.12. The van der Waals surface area contributed by atoms with Gasteiger partial charge in [-0.25, -0.2) is 0 Å². The van der Waals surface area contributed by atoms with Crippen LogP contribution in [0.15, 0.2) is 29.3 Å². The van der Waals surface area contributed by atoms with Crippen LogP contribution in [-0.2, 0) is 4.79 Å². The van der Waals surface area contributed by atoms with E-state index in [1.807, 2.05) is 31.2 Å². The molecule has 1 aliphatic carbocycles. The van der Waals surface area contributed by atoms with Crippen LogP contribution in [0.1, 0.15) is 26.2 Å². The van der Waals surface area contributed by atoms with Crippen LogP contribution in [-0.4, -0.2) is 51.8 Å². The lowest BCUT2D eigenvalue weighted by molar-refractivity contribution is -0.122. The van der Waals surface area contributed by atoms with E-state index in [0.717, 1.165) is 43.3 Å². The van der Waals surface area contributed by atoms with Crippen molar-refractivity contribution >= 4 is 35.8 Å². The van der Waals surface area contributed by atoms with Gasteiger partial charge < -0.3 is 25.4 Å². The summed E-state index contributed by atoms with van der Waals surface area (Å²) in [6.07, 6.45) is 2.87. The lowest BCUT2D eigenvalue weighted by atomic mass is 10.3. The number of carbonyl (C=O) groups excluding carboxylic acids is 1. The Morgan fingerprint density at radius 1 is 1.19 bits per heavy atom. The summed E-state index contributed by atoms with van der Waals surface area (Å²) in [7, 11) is 1.64. The van der Waals surface area contributed by atoms with Crippen LogP contribution in [0.4, 0.5) is 0 Å². The molecule has 0 radical (unpaired) electrons. The zero-order valence-corrected chi connectivity index (χ0v) is 18.5. The Morgan fingerprint density at radius 3 is 2.63 bits per heavy atom. The average molecular weight is 490 g/mol. The predicted octanol–water partition coefficient (Wildman–Crippen LogP) is 2.16. The summed E-state index contributed by atoms with van der Waals surface area (Å²) in [6.45, 7) is 5.34. The van der Waals surface area contributed by atoms with Crippen molar-refractivity contribution in [2.45, 2.75) is 26.2 Å². The number of guanidine groups is 1. The number of aliphatic imine (C=N–C) groups is 1. The average Bonchev–Trinajstić information content (AvgIpc) is 3.50. The molecule has 2 rings (SSSR count). The van der Waals surface area contributed by atoms with E-state index in [0.29, 0.717) is 26.2 Å². The fourth-order valence-electron chi connectivity index (χ4n) is 2.33. The van der Waals surface area contributed by atoms with Crippen molar-refractivity contribution in [3.05, 3.63) is 24.3 Å². The molecule has 1 aliphatic rings. The van der Waals surface area contributed by atoms with E-state index in [2.05, 4.69) is 20.9 Å². The molecule has 0 spiro atoms. The first-order valence-electron chi connectivity index (χ1n) is 9.29. The van der Waals surface area contributed by atoms with Crippen LogP contribution >= 0.6 is 24.0 Å². The molecule has 0 heterocycles. The van der Waals surface area contributed by atoms with Gasteiger partial charge in [-0.05, 0) is 31.9 Å². The molecule has 1 aromatic carbocycles. The van der Waals surface area contributed by atoms with E-state index in [9.17, 15) is 4.79 Å². The Labute approximate surface area is 178 Å². The zero-order chi connectivity index (χ0) is 18.6. The monoisotopic (exact) mass is 490 g/mol. The van der Waals surface area contributed by atoms with Gasteiger partial charge in [0.15, 0.2) is 5.96 Å². The highest BCUT2D eigenvalue weighted by atomic mass is 127. The normalized spacial score (nSPS) is 13.3. The smallest absolute Gasteiger partial charge is 0.223 e. The van der Waals surface area contributed by atoms with E-state index in [-0.39, 0.29) is 35.8 Å². The predicted molar refractivity (Wildman–Crippen MR) is 118 cm³/mol. The van der Waals surface area contributed by atoms with Crippen LogP contribution in [0.2, 0.25) is 0 Å². The van der Waals surface area contributed by atoms with Crippen LogP contribution in [0.3, 0.4) is 0 Å². The number of methoxy groups -OCH3 is 1. The van der Waals surface area contributed by atoms with Crippen LogP contribution in [0.25, 0.3) is 0 Å². The van der Waals surface area contributed by atoms with E-state index in [4.69, 9.17) is 9.47 Å². The van der Waals surface area contributed by atoms with Gasteiger partial charge in [-0.15, -0.1) is 24.0 Å². The van der Waals surface area contributed by atoms with Crippen molar-refractivity contribution in [2.24, 2.45) is 10.9 Å². The van der Waals surface area contributed by atoms with Gasteiger partial charge in [0.05, 0.1) is 13.7 Å². The minimum absolute atomic E-state index is 0. The number of hydrogen-bond donors (Lipinski definition) is 3. The summed E-state index contributed by atoms with van der Waals surface area (Å²) < 4.78 is 10.9. The standard InChI is InChI=1S/C19H30N4O3.HI/c1-3-20-19(23-12-11-21-18(24)15-8-9-15)22-10-5-13-26-17-7-4-6-16(14-17)25-2;/h4,6-7,14-15H,3,5,8-13H2,1-2H3,(H,21,24)(H2,20,22,23);1H. The third kappa shape index (κ3) is 9.69. The summed E-state index contributed by atoms with van der Waals surface area (Å²) in [5.74, 6) is 2.76. The van der Waals surface area contributed by atoms with Crippen molar-refractivity contribution in [1.82, 2.24) is 16.0 Å². The molecule has 152 valence electrons. The zero-order valence-electron chi connectivity index (χ0n) is 16.1.